The van der Waals surface area contributed by atoms with Crippen molar-refractivity contribution >= 4 is 33.6 Å². The maximum atomic E-state index is 11.7. The molecule has 1 amide bonds. The summed E-state index contributed by atoms with van der Waals surface area (Å²) in [6.07, 6.45) is 1.61. The van der Waals surface area contributed by atoms with Crippen LogP contribution in [0.25, 0.3) is 0 Å². The first kappa shape index (κ1) is 11.5. The Hall–Kier alpha value is -1.96. The monoisotopic (exact) mass is 296 g/mol. The van der Waals surface area contributed by atoms with Gasteiger partial charge in [-0.1, -0.05) is 0 Å². The minimum atomic E-state index is -0.441. The van der Waals surface area contributed by atoms with Gasteiger partial charge in [-0.25, -0.2) is 4.98 Å². The molecule has 0 aliphatic heterocycles. The third-order valence-corrected chi connectivity index (χ3v) is 2.84. The lowest BCUT2D eigenvalue weighted by molar-refractivity contribution is 0.101. The molecule has 0 radical (unpaired) electrons. The third-order valence-electron chi connectivity index (χ3n) is 2.01. The van der Waals surface area contributed by atoms with E-state index in [0.717, 1.165) is 10.0 Å². The minimum absolute atomic E-state index is 0.0232. The van der Waals surface area contributed by atoms with Crippen LogP contribution in [0.15, 0.2) is 16.7 Å². The number of H-pyrrole nitrogens is 1. The molecule has 0 unspecified atom stereocenters. The van der Waals surface area contributed by atoms with Crippen LogP contribution in [0.5, 0.6) is 0 Å². The number of aromatic nitrogens is 4. The predicted octanol–water partition coefficient (Wildman–Crippen LogP) is 1.11. The molecule has 0 saturated heterocycles. The number of anilines is 2. The summed E-state index contributed by atoms with van der Waals surface area (Å²) in [4.78, 5) is 19.4. The molecule has 2 rings (SSSR count). The van der Waals surface area contributed by atoms with E-state index in [2.05, 4.69) is 41.4 Å². The van der Waals surface area contributed by atoms with Crippen molar-refractivity contribution in [2.24, 2.45) is 0 Å². The van der Waals surface area contributed by atoms with Gasteiger partial charge in [0, 0.05) is 10.7 Å². The van der Waals surface area contributed by atoms with E-state index < -0.39 is 5.91 Å². The number of rotatable bonds is 2. The zero-order valence-electron chi connectivity index (χ0n) is 8.86. The molecule has 7 nitrogen and oxygen atoms in total. The first-order valence-electron chi connectivity index (χ1n) is 4.67. The summed E-state index contributed by atoms with van der Waals surface area (Å²) in [5.74, 6) is 0.0639. The van der Waals surface area contributed by atoms with Crippen LogP contribution in [0, 0.1) is 6.92 Å². The summed E-state index contributed by atoms with van der Waals surface area (Å²) >= 11 is 3.32. The van der Waals surface area contributed by atoms with Crippen LogP contribution in [0.1, 0.15) is 16.2 Å². The highest BCUT2D eigenvalue weighted by molar-refractivity contribution is 9.10. The van der Waals surface area contributed by atoms with Gasteiger partial charge in [-0.3, -0.25) is 9.89 Å². The van der Waals surface area contributed by atoms with Crippen LogP contribution in [0.3, 0.4) is 0 Å². The van der Waals surface area contributed by atoms with Crippen molar-refractivity contribution in [2.75, 3.05) is 11.1 Å². The topological polar surface area (TPSA) is 110 Å². The Balaban J connectivity index is 2.15. The molecule has 88 valence electrons. The minimum Gasteiger partial charge on any atom is -0.366 e. The summed E-state index contributed by atoms with van der Waals surface area (Å²) in [6.45, 7) is 1.90. The van der Waals surface area contributed by atoms with Gasteiger partial charge in [-0.15, -0.1) is 5.10 Å². The van der Waals surface area contributed by atoms with Gasteiger partial charge in [0.15, 0.2) is 0 Å². The number of halogens is 1. The number of nitrogens with one attached hydrogen (secondary N) is 2. The van der Waals surface area contributed by atoms with Crippen molar-refractivity contribution in [3.05, 3.63) is 28.1 Å². The molecule has 0 aromatic carbocycles. The van der Waals surface area contributed by atoms with Crippen LogP contribution < -0.4 is 11.1 Å². The van der Waals surface area contributed by atoms with Gasteiger partial charge in [-0.2, -0.15) is 4.98 Å². The Morgan fingerprint density at radius 1 is 1.59 bits per heavy atom. The van der Waals surface area contributed by atoms with Crippen LogP contribution in [-0.4, -0.2) is 26.1 Å². The van der Waals surface area contributed by atoms with E-state index in [0.29, 0.717) is 5.82 Å². The highest BCUT2D eigenvalue weighted by Gasteiger charge is 2.11. The molecular weight excluding hydrogens is 288 g/mol. The molecule has 2 aromatic rings. The van der Waals surface area contributed by atoms with E-state index in [4.69, 9.17) is 5.73 Å². The van der Waals surface area contributed by atoms with Gasteiger partial charge in [-0.05, 0) is 34.5 Å². The first-order valence-corrected chi connectivity index (χ1v) is 5.47. The number of nitrogens with zero attached hydrogens (tertiary/aromatic N) is 3. The summed E-state index contributed by atoms with van der Waals surface area (Å²) in [7, 11) is 0. The zero-order chi connectivity index (χ0) is 12.4. The Labute approximate surface area is 105 Å². The van der Waals surface area contributed by atoms with Crippen molar-refractivity contribution in [3.8, 4) is 0 Å². The maximum Gasteiger partial charge on any atom is 0.294 e. The van der Waals surface area contributed by atoms with Crippen LogP contribution in [0.2, 0.25) is 0 Å². The van der Waals surface area contributed by atoms with Gasteiger partial charge < -0.3 is 11.1 Å². The van der Waals surface area contributed by atoms with Crippen molar-refractivity contribution in [1.29, 1.82) is 0 Å². The van der Waals surface area contributed by atoms with Crippen molar-refractivity contribution in [3.63, 3.8) is 0 Å². The highest BCUT2D eigenvalue weighted by atomic mass is 79.9. The average molecular weight is 297 g/mol. The highest BCUT2D eigenvalue weighted by Crippen LogP contribution is 2.17. The number of hydrogen-bond donors (Lipinski definition) is 3. The molecule has 0 fully saturated rings. The molecular formula is C9H9BrN6O. The number of amides is 1. The number of nitrogens with two attached hydrogens (primary N) is 1. The summed E-state index contributed by atoms with van der Waals surface area (Å²) in [5.41, 5.74) is 6.26. The van der Waals surface area contributed by atoms with Gasteiger partial charge in [0.25, 0.3) is 5.91 Å². The number of nitrogen functional groups attached to an aromatic ring is 1. The molecule has 0 atom stereocenters. The van der Waals surface area contributed by atoms with Crippen molar-refractivity contribution in [1.82, 2.24) is 20.2 Å². The lowest BCUT2D eigenvalue weighted by Crippen LogP contribution is -2.14. The summed E-state index contributed by atoms with van der Waals surface area (Å²) < 4.78 is 0.874. The molecule has 0 aliphatic carbocycles. The van der Waals surface area contributed by atoms with Crippen molar-refractivity contribution < 1.29 is 4.79 Å². The fourth-order valence-corrected chi connectivity index (χ4v) is 1.38. The van der Waals surface area contributed by atoms with E-state index in [1.807, 2.05) is 6.92 Å². The molecule has 0 aliphatic rings. The number of aromatic amines is 1. The Bertz CT molecular complexity index is 566. The fraction of sp³-hybridized carbons (Fsp3) is 0.111. The second kappa shape index (κ2) is 4.50. The lowest BCUT2D eigenvalue weighted by Gasteiger charge is -2.03. The molecule has 2 aromatic heterocycles. The number of aryl methyl sites for hydroxylation is 1. The smallest absolute Gasteiger partial charge is 0.294 e. The molecule has 4 N–H and O–H groups in total. The Morgan fingerprint density at radius 2 is 2.35 bits per heavy atom. The molecule has 17 heavy (non-hydrogen) atoms. The van der Waals surface area contributed by atoms with Crippen LogP contribution in [0.4, 0.5) is 11.8 Å². The normalized spacial score (nSPS) is 10.2. The van der Waals surface area contributed by atoms with Crippen LogP contribution in [-0.2, 0) is 0 Å². The SMILES string of the molecule is Cc1cc(NC(=O)c2nc(N)n[nH]2)ncc1Br. The van der Waals surface area contributed by atoms with Gasteiger partial charge in [0.05, 0.1) is 0 Å². The van der Waals surface area contributed by atoms with Gasteiger partial charge >= 0.3 is 0 Å². The Morgan fingerprint density at radius 3 is 2.94 bits per heavy atom. The Kier molecular flexibility index (Phi) is 3.05. The molecule has 2 heterocycles. The number of carbonyl (C=O) groups excluding carboxylic acids is 1. The number of pyridine rings is 1. The molecule has 0 spiro atoms. The lowest BCUT2D eigenvalue weighted by atomic mass is 10.3. The van der Waals surface area contributed by atoms with Gasteiger partial charge in [0.1, 0.15) is 5.82 Å². The van der Waals surface area contributed by atoms with Gasteiger partial charge in [0.2, 0.25) is 11.8 Å². The molecule has 8 heteroatoms. The fourth-order valence-electron chi connectivity index (χ4n) is 1.16. The molecule has 0 bridgehead atoms. The van der Waals surface area contributed by atoms with E-state index >= 15 is 0 Å². The number of carbonyl (C=O) groups is 1. The second-order valence-electron chi connectivity index (χ2n) is 3.32. The predicted molar refractivity (Wildman–Crippen MR) is 65.4 cm³/mol. The average Bonchev–Trinajstić information content (AvgIpc) is 2.70. The zero-order valence-corrected chi connectivity index (χ0v) is 10.4. The standard InChI is InChI=1S/C9H9BrN6O/c1-4-2-6(12-3-5(4)10)13-8(17)7-14-9(11)16-15-7/h2-3H,1H3,(H,12,13,17)(H3,11,14,15,16). The van der Waals surface area contributed by atoms with E-state index in [-0.39, 0.29) is 11.8 Å². The summed E-state index contributed by atoms with van der Waals surface area (Å²) in [6, 6.07) is 1.74. The van der Waals surface area contributed by atoms with E-state index in [1.165, 1.54) is 0 Å². The largest absolute Gasteiger partial charge is 0.366 e. The van der Waals surface area contributed by atoms with E-state index in [9.17, 15) is 4.79 Å². The number of hydrogen-bond acceptors (Lipinski definition) is 5. The third kappa shape index (κ3) is 2.59. The first-order chi connectivity index (χ1) is 8.06. The quantitative estimate of drug-likeness (QED) is 0.769. The van der Waals surface area contributed by atoms with Crippen molar-refractivity contribution in [2.45, 2.75) is 6.92 Å². The van der Waals surface area contributed by atoms with Crippen LogP contribution >= 0.6 is 15.9 Å². The summed E-state index contributed by atoms with van der Waals surface area (Å²) in [5, 5.41) is 8.56. The molecule has 0 saturated carbocycles. The van der Waals surface area contributed by atoms with E-state index in [1.54, 1.807) is 12.3 Å². The maximum absolute atomic E-state index is 11.7. The second-order valence-corrected chi connectivity index (χ2v) is 4.17.